The van der Waals surface area contributed by atoms with Gasteiger partial charge in [0, 0.05) is 15.4 Å². The highest BCUT2D eigenvalue weighted by Crippen LogP contribution is 2.22. The summed E-state index contributed by atoms with van der Waals surface area (Å²) in [5, 5.41) is 0.958. The van der Waals surface area contributed by atoms with Crippen molar-refractivity contribution in [3.63, 3.8) is 0 Å². The molecule has 0 amide bonds. The summed E-state index contributed by atoms with van der Waals surface area (Å²) in [6, 6.07) is 15.3. The molecule has 0 aliphatic carbocycles. The SMILES string of the molecule is O=c1[nH]c2ccc(Br)cc2cc1-c1nc2ccccc2[nH]1. The number of hydrogen-bond donors (Lipinski definition) is 2. The molecule has 2 aromatic carbocycles. The quantitative estimate of drug-likeness (QED) is 0.553. The molecule has 102 valence electrons. The van der Waals surface area contributed by atoms with Gasteiger partial charge < -0.3 is 9.97 Å². The Balaban J connectivity index is 2.00. The van der Waals surface area contributed by atoms with Gasteiger partial charge in [-0.25, -0.2) is 4.98 Å². The molecule has 2 N–H and O–H groups in total. The minimum atomic E-state index is -0.149. The van der Waals surface area contributed by atoms with E-state index < -0.39 is 0 Å². The molecule has 4 aromatic rings. The summed E-state index contributed by atoms with van der Waals surface area (Å²) in [5.74, 6) is 0.583. The van der Waals surface area contributed by atoms with Gasteiger partial charge in [0.25, 0.3) is 5.56 Å². The summed E-state index contributed by atoms with van der Waals surface area (Å²) in [7, 11) is 0. The number of hydrogen-bond acceptors (Lipinski definition) is 2. The number of rotatable bonds is 1. The average molecular weight is 340 g/mol. The van der Waals surface area contributed by atoms with Crippen LogP contribution in [0.25, 0.3) is 33.3 Å². The first-order valence-corrected chi connectivity index (χ1v) is 7.28. The lowest BCUT2D eigenvalue weighted by atomic mass is 10.1. The number of nitrogens with one attached hydrogen (secondary N) is 2. The van der Waals surface area contributed by atoms with Crippen molar-refractivity contribution in [2.75, 3.05) is 0 Å². The molecule has 5 heteroatoms. The summed E-state index contributed by atoms with van der Waals surface area (Å²) in [6.07, 6.45) is 0. The predicted octanol–water partition coefficient (Wildman–Crippen LogP) is 3.83. The Bertz CT molecular complexity index is 999. The number of nitrogens with zero attached hydrogens (tertiary/aromatic N) is 1. The van der Waals surface area contributed by atoms with E-state index in [1.165, 1.54) is 0 Å². The van der Waals surface area contributed by atoms with E-state index in [0.29, 0.717) is 11.4 Å². The number of aromatic amines is 2. The predicted molar refractivity (Wildman–Crippen MR) is 87.4 cm³/mol. The van der Waals surface area contributed by atoms with Crippen LogP contribution < -0.4 is 5.56 Å². The molecule has 0 spiro atoms. The van der Waals surface area contributed by atoms with Crippen LogP contribution in [0.3, 0.4) is 0 Å². The molecule has 0 bridgehead atoms. The van der Waals surface area contributed by atoms with Crippen molar-refractivity contribution in [2.24, 2.45) is 0 Å². The second kappa shape index (κ2) is 4.56. The van der Waals surface area contributed by atoms with Crippen molar-refractivity contribution < 1.29 is 0 Å². The first-order chi connectivity index (χ1) is 10.2. The highest BCUT2D eigenvalue weighted by Gasteiger charge is 2.10. The van der Waals surface area contributed by atoms with Crippen molar-refractivity contribution in [1.82, 2.24) is 15.0 Å². The molecule has 0 unspecified atom stereocenters. The average Bonchev–Trinajstić information content (AvgIpc) is 2.90. The standard InChI is InChI=1S/C16H10BrN3O/c17-10-5-6-12-9(7-10)8-11(16(21)20-12)15-18-13-3-1-2-4-14(13)19-15/h1-8H,(H,18,19)(H,20,21). The van der Waals surface area contributed by atoms with Crippen molar-refractivity contribution >= 4 is 37.9 Å². The van der Waals surface area contributed by atoms with Gasteiger partial charge in [0.1, 0.15) is 5.82 Å². The summed E-state index contributed by atoms with van der Waals surface area (Å²) in [4.78, 5) is 22.8. The van der Waals surface area contributed by atoms with Crippen LogP contribution in [0.5, 0.6) is 0 Å². The topological polar surface area (TPSA) is 61.5 Å². The lowest BCUT2D eigenvalue weighted by Crippen LogP contribution is -2.09. The lowest BCUT2D eigenvalue weighted by Gasteiger charge is -2.01. The normalized spacial score (nSPS) is 11.3. The monoisotopic (exact) mass is 339 g/mol. The van der Waals surface area contributed by atoms with Gasteiger partial charge in [-0.15, -0.1) is 0 Å². The van der Waals surface area contributed by atoms with E-state index in [-0.39, 0.29) is 5.56 Å². The Kier molecular flexibility index (Phi) is 2.68. The van der Waals surface area contributed by atoms with Crippen LogP contribution in [0.2, 0.25) is 0 Å². The summed E-state index contributed by atoms with van der Waals surface area (Å²) >= 11 is 3.44. The molecule has 4 nitrogen and oxygen atoms in total. The fraction of sp³-hybridized carbons (Fsp3) is 0. The van der Waals surface area contributed by atoms with Gasteiger partial charge in [0.15, 0.2) is 0 Å². The highest BCUT2D eigenvalue weighted by molar-refractivity contribution is 9.10. The number of pyridine rings is 1. The van der Waals surface area contributed by atoms with Crippen LogP contribution in [0.1, 0.15) is 0 Å². The van der Waals surface area contributed by atoms with Crippen LogP contribution in [0.4, 0.5) is 0 Å². The first-order valence-electron chi connectivity index (χ1n) is 6.48. The molecule has 0 aliphatic heterocycles. The minimum absolute atomic E-state index is 0.149. The Labute approximate surface area is 128 Å². The lowest BCUT2D eigenvalue weighted by molar-refractivity contribution is 1.25. The van der Waals surface area contributed by atoms with Gasteiger partial charge >= 0.3 is 0 Å². The van der Waals surface area contributed by atoms with Gasteiger partial charge in [-0.3, -0.25) is 4.79 Å². The molecular weight excluding hydrogens is 330 g/mol. The van der Waals surface area contributed by atoms with Gasteiger partial charge in [-0.2, -0.15) is 0 Å². The number of fused-ring (bicyclic) bond motifs is 2. The van der Waals surface area contributed by atoms with Crippen LogP contribution in [0.15, 0.2) is 57.8 Å². The molecule has 0 radical (unpaired) electrons. The molecule has 2 aromatic heterocycles. The first kappa shape index (κ1) is 12.3. The molecule has 0 atom stereocenters. The summed E-state index contributed by atoms with van der Waals surface area (Å²) in [6.45, 7) is 0. The molecule has 0 fully saturated rings. The maximum atomic E-state index is 12.3. The summed E-state index contributed by atoms with van der Waals surface area (Å²) in [5.41, 5.74) is 2.96. The Morgan fingerprint density at radius 2 is 1.81 bits per heavy atom. The van der Waals surface area contributed by atoms with Crippen LogP contribution in [-0.2, 0) is 0 Å². The Morgan fingerprint density at radius 1 is 0.952 bits per heavy atom. The molecular formula is C16H10BrN3O. The van der Waals surface area contributed by atoms with Crippen LogP contribution in [-0.4, -0.2) is 15.0 Å². The van der Waals surface area contributed by atoms with Gasteiger partial charge in [0.2, 0.25) is 0 Å². The van der Waals surface area contributed by atoms with Crippen molar-refractivity contribution in [2.45, 2.75) is 0 Å². The second-order valence-corrected chi connectivity index (χ2v) is 5.76. The van der Waals surface area contributed by atoms with E-state index >= 15 is 0 Å². The molecule has 0 saturated carbocycles. The Morgan fingerprint density at radius 3 is 2.67 bits per heavy atom. The number of halogens is 1. The Hall–Kier alpha value is -2.40. The zero-order valence-corrected chi connectivity index (χ0v) is 12.4. The third-order valence-corrected chi connectivity index (χ3v) is 3.94. The minimum Gasteiger partial charge on any atom is -0.338 e. The van der Waals surface area contributed by atoms with Crippen LogP contribution >= 0.6 is 15.9 Å². The maximum absolute atomic E-state index is 12.3. The van der Waals surface area contributed by atoms with E-state index in [0.717, 1.165) is 26.4 Å². The second-order valence-electron chi connectivity index (χ2n) is 4.85. The van der Waals surface area contributed by atoms with E-state index in [1.54, 1.807) is 0 Å². The fourth-order valence-electron chi connectivity index (χ4n) is 2.43. The number of H-pyrrole nitrogens is 2. The van der Waals surface area contributed by atoms with E-state index in [4.69, 9.17) is 0 Å². The number of imidazole rings is 1. The third kappa shape index (κ3) is 2.06. The number of aromatic nitrogens is 3. The van der Waals surface area contributed by atoms with E-state index in [1.807, 2.05) is 48.5 Å². The smallest absolute Gasteiger partial charge is 0.259 e. The maximum Gasteiger partial charge on any atom is 0.259 e. The van der Waals surface area contributed by atoms with Crippen LogP contribution in [0, 0.1) is 0 Å². The molecule has 4 rings (SSSR count). The highest BCUT2D eigenvalue weighted by atomic mass is 79.9. The zero-order valence-electron chi connectivity index (χ0n) is 10.9. The fourth-order valence-corrected chi connectivity index (χ4v) is 2.81. The molecule has 21 heavy (non-hydrogen) atoms. The van der Waals surface area contributed by atoms with E-state index in [2.05, 4.69) is 30.9 Å². The number of para-hydroxylation sites is 2. The van der Waals surface area contributed by atoms with Gasteiger partial charge in [-0.1, -0.05) is 28.1 Å². The molecule has 0 saturated heterocycles. The summed E-state index contributed by atoms with van der Waals surface area (Å²) < 4.78 is 0.970. The largest absolute Gasteiger partial charge is 0.338 e. The molecule has 0 aliphatic rings. The third-order valence-electron chi connectivity index (χ3n) is 3.45. The van der Waals surface area contributed by atoms with E-state index in [9.17, 15) is 4.79 Å². The number of benzene rings is 2. The molecule has 2 heterocycles. The van der Waals surface area contributed by atoms with Crippen molar-refractivity contribution in [1.29, 1.82) is 0 Å². The van der Waals surface area contributed by atoms with Gasteiger partial charge in [-0.05, 0) is 36.4 Å². The van der Waals surface area contributed by atoms with Gasteiger partial charge in [0.05, 0.1) is 16.6 Å². The van der Waals surface area contributed by atoms with Crippen molar-refractivity contribution in [3.8, 4) is 11.4 Å². The zero-order chi connectivity index (χ0) is 14.4. The van der Waals surface area contributed by atoms with Crippen molar-refractivity contribution in [3.05, 3.63) is 63.4 Å².